The maximum absolute atomic E-state index is 10.8. The van der Waals surface area contributed by atoms with Gasteiger partial charge in [-0.25, -0.2) is 0 Å². The lowest BCUT2D eigenvalue weighted by Crippen LogP contribution is -2.20. The Morgan fingerprint density at radius 3 is 2.56 bits per heavy atom. The highest BCUT2D eigenvalue weighted by Gasteiger charge is 2.02. The number of carbonyl (C=O) groups is 2. The Bertz CT molecular complexity index is 440. The minimum absolute atomic E-state index is 0.305. The van der Waals surface area contributed by atoms with E-state index in [2.05, 4.69) is 0 Å². The van der Waals surface area contributed by atoms with Gasteiger partial charge >= 0.3 is 0 Å². The van der Waals surface area contributed by atoms with Gasteiger partial charge in [-0.1, -0.05) is 17.4 Å². The number of hydroxylamine groups is 2. The molecule has 0 spiro atoms. The average molecular weight is 222 g/mol. The van der Waals surface area contributed by atoms with Crippen LogP contribution in [0.5, 0.6) is 0 Å². The minimum atomic E-state index is -0.996. The lowest BCUT2D eigenvalue weighted by atomic mass is 10.1. The van der Waals surface area contributed by atoms with Crippen LogP contribution in [-0.4, -0.2) is 27.5 Å². The minimum Gasteiger partial charge on any atom is -0.366 e. The van der Waals surface area contributed by atoms with Crippen molar-refractivity contribution in [1.82, 2.24) is 5.23 Å². The fourth-order valence-corrected chi connectivity index (χ4v) is 1.03. The van der Waals surface area contributed by atoms with E-state index in [1.165, 1.54) is 18.2 Å². The van der Waals surface area contributed by atoms with Crippen LogP contribution in [0.15, 0.2) is 30.3 Å². The highest BCUT2D eigenvalue weighted by atomic mass is 16.8. The Labute approximate surface area is 91.1 Å². The van der Waals surface area contributed by atoms with Gasteiger partial charge in [0.2, 0.25) is 5.91 Å². The number of benzene rings is 1. The molecule has 0 unspecified atom stereocenters. The standard InChI is InChI=1S/C10H10N2O4/c11-10(14)8-3-1-2-7(6-8)4-5-9(13)12(15)16/h1-6,15-16H,(H2,11,14)/b5-4+. The zero-order chi connectivity index (χ0) is 12.1. The zero-order valence-corrected chi connectivity index (χ0v) is 8.20. The highest BCUT2D eigenvalue weighted by molar-refractivity contribution is 5.94. The van der Waals surface area contributed by atoms with Crippen LogP contribution in [0.25, 0.3) is 6.08 Å². The second-order valence-corrected chi connectivity index (χ2v) is 2.95. The van der Waals surface area contributed by atoms with Crippen molar-refractivity contribution in [1.29, 1.82) is 0 Å². The SMILES string of the molecule is NC(=O)c1cccc(/C=C/C(=O)N(O)O)c1. The van der Waals surface area contributed by atoms with E-state index in [-0.39, 0.29) is 0 Å². The summed E-state index contributed by atoms with van der Waals surface area (Å²) in [5.74, 6) is -1.57. The number of amides is 2. The first kappa shape index (κ1) is 11.9. The van der Waals surface area contributed by atoms with E-state index >= 15 is 0 Å². The van der Waals surface area contributed by atoms with Crippen LogP contribution in [0.4, 0.5) is 0 Å². The van der Waals surface area contributed by atoms with Gasteiger partial charge in [0.15, 0.2) is 0 Å². The van der Waals surface area contributed by atoms with E-state index < -0.39 is 17.0 Å². The zero-order valence-electron chi connectivity index (χ0n) is 8.20. The van der Waals surface area contributed by atoms with Gasteiger partial charge < -0.3 is 5.73 Å². The molecule has 0 aliphatic heterocycles. The largest absolute Gasteiger partial charge is 0.366 e. The van der Waals surface area contributed by atoms with Crippen molar-refractivity contribution in [2.45, 2.75) is 0 Å². The molecule has 84 valence electrons. The molecule has 0 aromatic heterocycles. The Kier molecular flexibility index (Phi) is 3.76. The molecule has 0 fully saturated rings. The fourth-order valence-electron chi connectivity index (χ4n) is 1.03. The summed E-state index contributed by atoms with van der Waals surface area (Å²) in [6.07, 6.45) is 2.27. The number of nitrogens with zero attached hydrogens (tertiary/aromatic N) is 1. The van der Waals surface area contributed by atoms with E-state index in [0.29, 0.717) is 11.1 Å². The van der Waals surface area contributed by atoms with E-state index in [4.69, 9.17) is 16.1 Å². The summed E-state index contributed by atoms with van der Waals surface area (Å²) >= 11 is 0. The monoisotopic (exact) mass is 222 g/mol. The van der Waals surface area contributed by atoms with Gasteiger partial charge in [-0.2, -0.15) is 0 Å². The topological polar surface area (TPSA) is 104 Å². The maximum Gasteiger partial charge on any atom is 0.296 e. The third kappa shape index (κ3) is 3.19. The van der Waals surface area contributed by atoms with Crippen LogP contribution in [-0.2, 0) is 4.79 Å². The first-order valence-electron chi connectivity index (χ1n) is 4.30. The molecule has 0 aliphatic rings. The number of hydrogen-bond donors (Lipinski definition) is 3. The Balaban J connectivity index is 2.86. The van der Waals surface area contributed by atoms with Crippen molar-refractivity contribution in [3.05, 3.63) is 41.5 Å². The first-order valence-corrected chi connectivity index (χ1v) is 4.30. The molecule has 0 aliphatic carbocycles. The third-order valence-electron chi connectivity index (χ3n) is 1.79. The normalized spacial score (nSPS) is 10.4. The summed E-state index contributed by atoms with van der Waals surface area (Å²) < 4.78 is 0. The molecule has 1 aromatic rings. The number of primary amides is 1. The summed E-state index contributed by atoms with van der Waals surface area (Å²) in [5, 5.41) is 16.2. The molecule has 6 heteroatoms. The molecule has 1 rings (SSSR count). The number of nitrogens with two attached hydrogens (primary N) is 1. The van der Waals surface area contributed by atoms with Crippen molar-refractivity contribution in [2.24, 2.45) is 5.73 Å². The molecular weight excluding hydrogens is 212 g/mol. The third-order valence-corrected chi connectivity index (χ3v) is 1.79. The van der Waals surface area contributed by atoms with E-state index in [9.17, 15) is 9.59 Å². The molecule has 4 N–H and O–H groups in total. The summed E-state index contributed by atoms with van der Waals surface area (Å²) in [4.78, 5) is 21.6. The predicted molar refractivity (Wildman–Crippen MR) is 54.4 cm³/mol. The molecule has 0 radical (unpaired) electrons. The molecular formula is C10H10N2O4. The predicted octanol–water partition coefficient (Wildman–Crippen LogP) is 0.406. The van der Waals surface area contributed by atoms with Crippen molar-refractivity contribution < 1.29 is 20.0 Å². The van der Waals surface area contributed by atoms with Crippen LogP contribution in [0.3, 0.4) is 0 Å². The van der Waals surface area contributed by atoms with Crippen LogP contribution >= 0.6 is 0 Å². The van der Waals surface area contributed by atoms with Gasteiger partial charge in [0.1, 0.15) is 0 Å². The smallest absolute Gasteiger partial charge is 0.296 e. The highest BCUT2D eigenvalue weighted by Crippen LogP contribution is 2.06. The van der Waals surface area contributed by atoms with Crippen LogP contribution < -0.4 is 5.73 Å². The number of carbonyl (C=O) groups excluding carboxylic acids is 2. The molecule has 1 aromatic carbocycles. The van der Waals surface area contributed by atoms with Crippen molar-refractivity contribution >= 4 is 17.9 Å². The average Bonchev–Trinajstić information content (AvgIpc) is 2.26. The second kappa shape index (κ2) is 5.06. The summed E-state index contributed by atoms with van der Waals surface area (Å²) in [6.45, 7) is 0. The lowest BCUT2D eigenvalue weighted by Gasteiger charge is -2.01. The molecule has 6 nitrogen and oxygen atoms in total. The van der Waals surface area contributed by atoms with Gasteiger partial charge in [0.05, 0.1) is 0 Å². The van der Waals surface area contributed by atoms with Crippen molar-refractivity contribution in [2.75, 3.05) is 0 Å². The molecule has 0 saturated carbocycles. The van der Waals surface area contributed by atoms with Crippen LogP contribution in [0, 0.1) is 0 Å². The fraction of sp³-hybridized carbons (Fsp3) is 0. The van der Waals surface area contributed by atoms with Gasteiger partial charge in [0.25, 0.3) is 5.91 Å². The Morgan fingerprint density at radius 1 is 1.31 bits per heavy atom. The van der Waals surface area contributed by atoms with Crippen molar-refractivity contribution in [3.63, 3.8) is 0 Å². The Morgan fingerprint density at radius 2 is 2.00 bits per heavy atom. The molecule has 0 heterocycles. The summed E-state index contributed by atoms with van der Waals surface area (Å²) in [5.41, 5.74) is 5.92. The maximum atomic E-state index is 10.8. The van der Waals surface area contributed by atoms with E-state index in [1.807, 2.05) is 0 Å². The summed E-state index contributed by atoms with van der Waals surface area (Å²) in [6, 6.07) is 6.24. The van der Waals surface area contributed by atoms with Gasteiger partial charge in [-0.15, -0.1) is 0 Å². The van der Waals surface area contributed by atoms with Gasteiger partial charge in [0, 0.05) is 11.6 Å². The molecule has 0 saturated heterocycles. The lowest BCUT2D eigenvalue weighted by molar-refractivity contribution is -0.280. The number of rotatable bonds is 3. The molecule has 0 bridgehead atoms. The van der Waals surface area contributed by atoms with E-state index in [0.717, 1.165) is 6.08 Å². The molecule has 2 amide bonds. The first-order chi connectivity index (χ1) is 7.50. The Hall–Kier alpha value is -2.18. The molecule has 0 atom stereocenters. The van der Waals surface area contributed by atoms with Crippen LogP contribution in [0.1, 0.15) is 15.9 Å². The van der Waals surface area contributed by atoms with E-state index in [1.54, 1.807) is 12.1 Å². The van der Waals surface area contributed by atoms with Crippen LogP contribution in [0.2, 0.25) is 0 Å². The second-order valence-electron chi connectivity index (χ2n) is 2.95. The number of hydrogen-bond acceptors (Lipinski definition) is 4. The van der Waals surface area contributed by atoms with Gasteiger partial charge in [-0.05, 0) is 23.8 Å². The summed E-state index contributed by atoms with van der Waals surface area (Å²) in [7, 11) is 0. The quantitative estimate of drug-likeness (QED) is 0.391. The molecule has 16 heavy (non-hydrogen) atoms. The van der Waals surface area contributed by atoms with Gasteiger partial charge in [-0.3, -0.25) is 20.0 Å². The van der Waals surface area contributed by atoms with Crippen molar-refractivity contribution in [3.8, 4) is 0 Å².